The Balaban J connectivity index is 1.59. The lowest BCUT2D eigenvalue weighted by Gasteiger charge is -2.17. The summed E-state index contributed by atoms with van der Waals surface area (Å²) < 4.78 is 15.8. The molecule has 0 spiro atoms. The molecule has 1 amide bonds. The highest BCUT2D eigenvalue weighted by Crippen LogP contribution is 2.22. The van der Waals surface area contributed by atoms with Gasteiger partial charge in [0.15, 0.2) is 12.4 Å². The van der Waals surface area contributed by atoms with Crippen molar-refractivity contribution in [2.75, 3.05) is 19.1 Å². The fourth-order valence-electron chi connectivity index (χ4n) is 2.84. The van der Waals surface area contributed by atoms with Crippen LogP contribution in [0.15, 0.2) is 65.2 Å². The van der Waals surface area contributed by atoms with E-state index in [-0.39, 0.29) is 12.5 Å². The molecule has 0 fully saturated rings. The number of thioether (sulfide) groups is 1. The van der Waals surface area contributed by atoms with Crippen LogP contribution in [0.2, 0.25) is 0 Å². The van der Waals surface area contributed by atoms with Crippen LogP contribution in [-0.4, -0.2) is 42.2 Å². The Bertz CT molecular complexity index is 989. The number of carbonyl (C=O) groups is 2. The van der Waals surface area contributed by atoms with Gasteiger partial charge in [0.25, 0.3) is 5.91 Å². The van der Waals surface area contributed by atoms with E-state index in [1.807, 2.05) is 36.6 Å². The van der Waals surface area contributed by atoms with E-state index in [2.05, 4.69) is 10.5 Å². The third-order valence-corrected chi connectivity index (χ3v) is 5.18. The first kappa shape index (κ1) is 22.4. The van der Waals surface area contributed by atoms with E-state index in [9.17, 15) is 9.59 Å². The number of rotatable bonds is 10. The van der Waals surface area contributed by atoms with Gasteiger partial charge in [0.1, 0.15) is 17.5 Å². The summed E-state index contributed by atoms with van der Waals surface area (Å²) in [6, 6.07) is 17.1. The van der Waals surface area contributed by atoms with Gasteiger partial charge >= 0.3 is 5.97 Å². The van der Waals surface area contributed by atoms with E-state index in [1.54, 1.807) is 49.2 Å². The van der Waals surface area contributed by atoms with Crippen molar-refractivity contribution in [1.29, 1.82) is 0 Å². The lowest BCUT2D eigenvalue weighted by atomic mass is 10.1. The molecule has 1 atom stereocenters. The van der Waals surface area contributed by atoms with Crippen molar-refractivity contribution in [3.63, 3.8) is 0 Å². The van der Waals surface area contributed by atoms with E-state index >= 15 is 0 Å². The van der Waals surface area contributed by atoms with Gasteiger partial charge in [-0.15, -0.1) is 0 Å². The summed E-state index contributed by atoms with van der Waals surface area (Å²) in [6.07, 6.45) is 2.41. The molecule has 0 radical (unpaired) electrons. The van der Waals surface area contributed by atoms with Gasteiger partial charge in [-0.25, -0.2) is 4.79 Å². The van der Waals surface area contributed by atoms with E-state index in [1.165, 1.54) is 0 Å². The topological polar surface area (TPSA) is 90.7 Å². The van der Waals surface area contributed by atoms with Crippen LogP contribution in [0.25, 0.3) is 11.3 Å². The summed E-state index contributed by atoms with van der Waals surface area (Å²) in [5, 5.41) is 6.78. The molecule has 0 aliphatic rings. The number of carbonyl (C=O) groups excluding carboxylic acids is 2. The molecule has 7 nitrogen and oxygen atoms in total. The second-order valence-electron chi connectivity index (χ2n) is 6.69. The van der Waals surface area contributed by atoms with Crippen molar-refractivity contribution >= 4 is 23.6 Å². The molecule has 2 aromatic carbocycles. The van der Waals surface area contributed by atoms with E-state index in [4.69, 9.17) is 14.0 Å². The number of hydrogen-bond donors (Lipinski definition) is 1. The highest BCUT2D eigenvalue weighted by Gasteiger charge is 2.23. The fourth-order valence-corrected chi connectivity index (χ4v) is 3.31. The number of benzene rings is 2. The van der Waals surface area contributed by atoms with Crippen LogP contribution in [0.5, 0.6) is 5.75 Å². The SMILES string of the molecule is COc1ccc(-c2cc(COC(=O)C(CCSC)NC(=O)c3ccccc3)on2)cc1. The predicted molar refractivity (Wildman–Crippen MR) is 119 cm³/mol. The average Bonchev–Trinajstić information content (AvgIpc) is 3.29. The Labute approximate surface area is 185 Å². The number of nitrogens with one attached hydrogen (secondary N) is 1. The maximum atomic E-state index is 12.6. The molecule has 3 aromatic rings. The van der Waals surface area contributed by atoms with Gasteiger partial charge in [-0.1, -0.05) is 23.4 Å². The molecule has 0 saturated carbocycles. The van der Waals surface area contributed by atoms with Crippen LogP contribution in [0.3, 0.4) is 0 Å². The highest BCUT2D eigenvalue weighted by molar-refractivity contribution is 7.98. The van der Waals surface area contributed by atoms with Crippen molar-refractivity contribution < 1.29 is 23.6 Å². The number of aromatic nitrogens is 1. The third kappa shape index (κ3) is 6.36. The maximum Gasteiger partial charge on any atom is 0.329 e. The van der Waals surface area contributed by atoms with Crippen LogP contribution in [0, 0.1) is 0 Å². The van der Waals surface area contributed by atoms with E-state index in [0.717, 1.165) is 11.3 Å². The number of methoxy groups -OCH3 is 1. The number of nitrogens with zero attached hydrogens (tertiary/aromatic N) is 1. The Kier molecular flexibility index (Phi) is 8.12. The van der Waals surface area contributed by atoms with Gasteiger partial charge < -0.3 is 19.3 Å². The van der Waals surface area contributed by atoms with Gasteiger partial charge in [-0.2, -0.15) is 11.8 Å². The normalized spacial score (nSPS) is 11.5. The van der Waals surface area contributed by atoms with Crippen LogP contribution in [0.4, 0.5) is 0 Å². The van der Waals surface area contributed by atoms with E-state index < -0.39 is 12.0 Å². The third-order valence-electron chi connectivity index (χ3n) is 4.54. The number of esters is 1. The second kappa shape index (κ2) is 11.2. The lowest BCUT2D eigenvalue weighted by molar-refractivity contribution is -0.148. The zero-order valence-electron chi connectivity index (χ0n) is 17.4. The Morgan fingerprint density at radius 2 is 1.87 bits per heavy atom. The smallest absolute Gasteiger partial charge is 0.329 e. The average molecular weight is 441 g/mol. The van der Waals surface area contributed by atoms with Crippen LogP contribution >= 0.6 is 11.8 Å². The van der Waals surface area contributed by atoms with Crippen molar-refractivity contribution in [2.45, 2.75) is 19.1 Å². The molecule has 0 aliphatic heterocycles. The molecular weight excluding hydrogens is 416 g/mol. The summed E-state index contributed by atoms with van der Waals surface area (Å²) in [7, 11) is 1.60. The largest absolute Gasteiger partial charge is 0.497 e. The monoisotopic (exact) mass is 440 g/mol. The quantitative estimate of drug-likeness (QED) is 0.478. The van der Waals surface area contributed by atoms with Gasteiger partial charge in [-0.05, 0) is 54.8 Å². The molecule has 8 heteroatoms. The minimum absolute atomic E-state index is 0.0705. The van der Waals surface area contributed by atoms with Crippen molar-refractivity contribution in [1.82, 2.24) is 10.5 Å². The maximum absolute atomic E-state index is 12.6. The van der Waals surface area contributed by atoms with Gasteiger partial charge in [0, 0.05) is 17.2 Å². The molecule has 1 aromatic heterocycles. The minimum Gasteiger partial charge on any atom is -0.497 e. The van der Waals surface area contributed by atoms with Gasteiger partial charge in [0.05, 0.1) is 7.11 Å². The van der Waals surface area contributed by atoms with Gasteiger partial charge in [0.2, 0.25) is 0 Å². The minimum atomic E-state index is -0.746. The summed E-state index contributed by atoms with van der Waals surface area (Å²) >= 11 is 1.59. The first-order valence-electron chi connectivity index (χ1n) is 9.72. The summed E-state index contributed by atoms with van der Waals surface area (Å²) in [5.41, 5.74) is 1.98. The number of ether oxygens (including phenoxy) is 2. The second-order valence-corrected chi connectivity index (χ2v) is 7.67. The molecule has 3 rings (SSSR count). The molecule has 0 aliphatic carbocycles. The Hall–Kier alpha value is -3.26. The zero-order valence-corrected chi connectivity index (χ0v) is 18.2. The van der Waals surface area contributed by atoms with E-state index in [0.29, 0.717) is 29.2 Å². The molecule has 31 heavy (non-hydrogen) atoms. The molecular formula is C23H24N2O5S. The summed E-state index contributed by atoms with van der Waals surface area (Å²) in [5.74, 6) is 1.04. The van der Waals surface area contributed by atoms with Crippen LogP contribution in [0.1, 0.15) is 22.5 Å². The molecule has 0 saturated heterocycles. The van der Waals surface area contributed by atoms with Crippen molar-refractivity contribution in [2.24, 2.45) is 0 Å². The Morgan fingerprint density at radius 3 is 2.55 bits per heavy atom. The Morgan fingerprint density at radius 1 is 1.13 bits per heavy atom. The molecule has 162 valence electrons. The zero-order chi connectivity index (χ0) is 22.1. The molecule has 1 N–H and O–H groups in total. The highest BCUT2D eigenvalue weighted by atomic mass is 32.2. The molecule has 1 heterocycles. The predicted octanol–water partition coefficient (Wildman–Crippen LogP) is 3.95. The summed E-state index contributed by atoms with van der Waals surface area (Å²) in [6.45, 7) is -0.0705. The van der Waals surface area contributed by atoms with Crippen LogP contribution in [-0.2, 0) is 16.1 Å². The first-order valence-corrected chi connectivity index (χ1v) is 11.1. The fraction of sp³-hybridized carbons (Fsp3) is 0.261. The number of amides is 1. The van der Waals surface area contributed by atoms with Crippen molar-refractivity contribution in [3.05, 3.63) is 72.0 Å². The standard InChI is InChI=1S/C23H24N2O5S/c1-28-18-10-8-16(9-11-18)21-14-19(30-25-21)15-29-23(27)20(12-13-31-2)24-22(26)17-6-4-3-5-7-17/h3-11,14,20H,12-13,15H2,1-2H3,(H,24,26). The van der Waals surface area contributed by atoms with Gasteiger partial charge in [-0.3, -0.25) is 4.79 Å². The van der Waals surface area contributed by atoms with Crippen LogP contribution < -0.4 is 10.1 Å². The van der Waals surface area contributed by atoms with Crippen molar-refractivity contribution in [3.8, 4) is 17.0 Å². The molecule has 1 unspecified atom stereocenters. The first-order chi connectivity index (χ1) is 15.1. The lowest BCUT2D eigenvalue weighted by Crippen LogP contribution is -2.42. The summed E-state index contributed by atoms with van der Waals surface area (Å²) in [4.78, 5) is 25.1. The molecule has 0 bridgehead atoms. The number of hydrogen-bond acceptors (Lipinski definition) is 7.